The van der Waals surface area contributed by atoms with Gasteiger partial charge in [0.15, 0.2) is 0 Å². The van der Waals surface area contributed by atoms with Crippen LogP contribution in [0.2, 0.25) is 0 Å². The van der Waals surface area contributed by atoms with Crippen LogP contribution in [-0.2, 0) is 26.9 Å². The topological polar surface area (TPSA) is 71.5 Å². The van der Waals surface area contributed by atoms with Crippen LogP contribution in [0.3, 0.4) is 0 Å². The molecule has 9 heteroatoms. The van der Waals surface area contributed by atoms with Crippen molar-refractivity contribution in [2.24, 2.45) is 0 Å². The molecule has 1 atom stereocenters. The number of nitrogens with zero attached hydrogens (tertiary/aromatic N) is 2. The van der Waals surface area contributed by atoms with Crippen molar-refractivity contribution in [3.8, 4) is 0 Å². The molecule has 6 nitrogen and oxygen atoms in total. The highest BCUT2D eigenvalue weighted by Gasteiger charge is 2.41. The molecule has 0 unspecified atom stereocenters. The molecular weight excluding hydrogens is 435 g/mol. The van der Waals surface area contributed by atoms with Gasteiger partial charge in [-0.3, -0.25) is 14.6 Å². The molecule has 2 aliphatic rings. The predicted octanol–water partition coefficient (Wildman–Crippen LogP) is 3.85. The number of ether oxygens (including phenoxy) is 1. The number of esters is 1. The Kier molecular flexibility index (Phi) is 6.32. The van der Waals surface area contributed by atoms with Crippen molar-refractivity contribution in [2.45, 2.75) is 50.2 Å². The van der Waals surface area contributed by atoms with Crippen molar-refractivity contribution in [3.05, 3.63) is 59.4 Å². The minimum atomic E-state index is -4.50. The van der Waals surface area contributed by atoms with Gasteiger partial charge in [0.05, 0.1) is 29.4 Å². The van der Waals surface area contributed by atoms with Crippen LogP contribution in [0.5, 0.6) is 0 Å². The standard InChI is InChI=1S/C24H26F3N3O3/c1-16(31)33-15-23(29-22(32)10-17-2-4-18(5-3-17)19-6-7-19)8-9-30(14-23)21-11-20(12-28-13-21)24(25,26)27/h2-5,11-13,19H,6-10,14-15H2,1H3,(H,29,32)/t23-/m1/s1. The van der Waals surface area contributed by atoms with E-state index in [2.05, 4.69) is 10.3 Å². The molecule has 1 aromatic heterocycles. The second kappa shape index (κ2) is 9.03. The van der Waals surface area contributed by atoms with Crippen molar-refractivity contribution in [1.82, 2.24) is 10.3 Å². The van der Waals surface area contributed by atoms with E-state index in [1.54, 1.807) is 4.90 Å². The normalized spacial score (nSPS) is 20.5. The number of carbonyl (C=O) groups is 2. The third kappa shape index (κ3) is 5.83. The van der Waals surface area contributed by atoms with E-state index < -0.39 is 23.2 Å². The van der Waals surface area contributed by atoms with Gasteiger partial charge < -0.3 is 15.0 Å². The maximum Gasteiger partial charge on any atom is 0.417 e. The lowest BCUT2D eigenvalue weighted by atomic mass is 9.98. The molecule has 1 saturated heterocycles. The Morgan fingerprint density at radius 1 is 1.21 bits per heavy atom. The van der Waals surface area contributed by atoms with Crippen LogP contribution >= 0.6 is 0 Å². The first-order valence-corrected chi connectivity index (χ1v) is 10.9. The lowest BCUT2D eigenvalue weighted by Crippen LogP contribution is -2.54. The molecule has 1 amide bonds. The second-order valence-corrected chi connectivity index (χ2v) is 8.90. The van der Waals surface area contributed by atoms with Crippen molar-refractivity contribution < 1.29 is 27.5 Å². The quantitative estimate of drug-likeness (QED) is 0.635. The fourth-order valence-corrected chi connectivity index (χ4v) is 4.19. The number of nitrogens with one attached hydrogen (secondary N) is 1. The average Bonchev–Trinajstić information content (AvgIpc) is 3.53. The molecule has 0 spiro atoms. The van der Waals surface area contributed by atoms with Gasteiger partial charge in [0.1, 0.15) is 6.61 Å². The van der Waals surface area contributed by atoms with Crippen molar-refractivity contribution in [2.75, 3.05) is 24.6 Å². The number of rotatable bonds is 7. The number of anilines is 1. The van der Waals surface area contributed by atoms with E-state index in [0.29, 0.717) is 24.6 Å². The number of benzene rings is 1. The summed E-state index contributed by atoms with van der Waals surface area (Å²) in [6.45, 7) is 1.81. The molecule has 0 radical (unpaired) electrons. The summed E-state index contributed by atoms with van der Waals surface area (Å²) in [6.07, 6.45) is 0.636. The monoisotopic (exact) mass is 461 g/mol. The molecule has 33 heavy (non-hydrogen) atoms. The highest BCUT2D eigenvalue weighted by atomic mass is 19.4. The second-order valence-electron chi connectivity index (χ2n) is 8.90. The summed E-state index contributed by atoms with van der Waals surface area (Å²) >= 11 is 0. The van der Waals surface area contributed by atoms with Crippen molar-refractivity contribution in [1.29, 1.82) is 0 Å². The number of hydrogen-bond acceptors (Lipinski definition) is 5. The summed E-state index contributed by atoms with van der Waals surface area (Å²) < 4.78 is 44.5. The largest absolute Gasteiger partial charge is 0.463 e. The number of hydrogen-bond donors (Lipinski definition) is 1. The summed E-state index contributed by atoms with van der Waals surface area (Å²) in [4.78, 5) is 29.7. The molecule has 2 heterocycles. The molecule has 1 aliphatic heterocycles. The SMILES string of the molecule is CC(=O)OC[C@@]1(NC(=O)Cc2ccc(C3CC3)cc2)CCN(c2cncc(C(F)(F)F)c2)C1. The minimum Gasteiger partial charge on any atom is -0.463 e. The summed E-state index contributed by atoms with van der Waals surface area (Å²) in [6, 6.07) is 9.03. The Balaban J connectivity index is 1.46. The maximum absolute atomic E-state index is 13.1. The molecule has 1 N–H and O–H groups in total. The molecule has 2 fully saturated rings. The molecule has 1 aliphatic carbocycles. The first-order chi connectivity index (χ1) is 15.6. The summed E-state index contributed by atoms with van der Waals surface area (Å²) in [7, 11) is 0. The van der Waals surface area contributed by atoms with E-state index >= 15 is 0 Å². The Hall–Kier alpha value is -3.10. The first-order valence-electron chi connectivity index (χ1n) is 10.9. The molecule has 0 bridgehead atoms. The Morgan fingerprint density at radius 2 is 1.94 bits per heavy atom. The fraction of sp³-hybridized carbons (Fsp3) is 0.458. The van der Waals surface area contributed by atoms with Crippen molar-refractivity contribution >= 4 is 17.6 Å². The van der Waals surface area contributed by atoms with Crippen LogP contribution in [-0.4, -0.2) is 42.1 Å². The number of carbonyl (C=O) groups excluding carboxylic acids is 2. The van der Waals surface area contributed by atoms with Gasteiger partial charge in [-0.05, 0) is 42.4 Å². The van der Waals surface area contributed by atoms with Gasteiger partial charge in [-0.25, -0.2) is 0 Å². The molecule has 1 saturated carbocycles. The van der Waals surface area contributed by atoms with E-state index in [1.807, 2.05) is 24.3 Å². The van der Waals surface area contributed by atoms with Crippen LogP contribution in [0.25, 0.3) is 0 Å². The summed E-state index contributed by atoms with van der Waals surface area (Å²) in [5.41, 5.74) is 0.726. The summed E-state index contributed by atoms with van der Waals surface area (Å²) in [5.74, 6) is -0.0847. The van der Waals surface area contributed by atoms with Crippen LogP contribution in [0.15, 0.2) is 42.7 Å². The predicted molar refractivity (Wildman–Crippen MR) is 116 cm³/mol. The maximum atomic E-state index is 13.1. The van der Waals surface area contributed by atoms with E-state index in [-0.39, 0.29) is 25.5 Å². The van der Waals surface area contributed by atoms with Gasteiger partial charge in [0, 0.05) is 26.2 Å². The van der Waals surface area contributed by atoms with Gasteiger partial charge in [0.25, 0.3) is 0 Å². The first kappa shape index (κ1) is 23.1. The fourth-order valence-electron chi connectivity index (χ4n) is 4.19. The van der Waals surface area contributed by atoms with Crippen LogP contribution in [0.4, 0.5) is 18.9 Å². The number of halogens is 3. The number of alkyl halides is 3. The number of pyridine rings is 1. The van der Waals surface area contributed by atoms with Crippen molar-refractivity contribution in [3.63, 3.8) is 0 Å². The third-order valence-corrected chi connectivity index (χ3v) is 6.12. The number of aromatic nitrogens is 1. The molecular formula is C24H26F3N3O3. The zero-order chi connectivity index (χ0) is 23.6. The van der Waals surface area contributed by atoms with Gasteiger partial charge in [-0.2, -0.15) is 13.2 Å². The third-order valence-electron chi connectivity index (χ3n) is 6.12. The summed E-state index contributed by atoms with van der Waals surface area (Å²) in [5, 5.41) is 2.99. The lowest BCUT2D eigenvalue weighted by Gasteiger charge is -2.30. The molecule has 176 valence electrons. The smallest absolute Gasteiger partial charge is 0.417 e. The van der Waals surface area contributed by atoms with Crippen LogP contribution in [0.1, 0.15) is 48.8 Å². The highest BCUT2D eigenvalue weighted by Crippen LogP contribution is 2.40. The Morgan fingerprint density at radius 3 is 2.58 bits per heavy atom. The van der Waals surface area contributed by atoms with Crippen LogP contribution < -0.4 is 10.2 Å². The van der Waals surface area contributed by atoms with Gasteiger partial charge in [-0.1, -0.05) is 24.3 Å². The molecule has 1 aromatic carbocycles. The van der Waals surface area contributed by atoms with E-state index in [0.717, 1.165) is 17.8 Å². The number of amides is 1. The van der Waals surface area contributed by atoms with E-state index in [1.165, 1.54) is 31.5 Å². The van der Waals surface area contributed by atoms with Crippen LogP contribution in [0, 0.1) is 0 Å². The molecule has 2 aromatic rings. The van der Waals surface area contributed by atoms with Gasteiger partial charge >= 0.3 is 12.1 Å². The zero-order valence-corrected chi connectivity index (χ0v) is 18.3. The highest BCUT2D eigenvalue weighted by molar-refractivity contribution is 5.79. The Bertz CT molecular complexity index is 1020. The average molecular weight is 461 g/mol. The van der Waals surface area contributed by atoms with Gasteiger partial charge in [0.2, 0.25) is 5.91 Å². The lowest BCUT2D eigenvalue weighted by molar-refractivity contribution is -0.144. The van der Waals surface area contributed by atoms with E-state index in [4.69, 9.17) is 4.74 Å². The molecule has 4 rings (SSSR count). The zero-order valence-electron chi connectivity index (χ0n) is 18.3. The minimum absolute atomic E-state index is 0.0580. The van der Waals surface area contributed by atoms with E-state index in [9.17, 15) is 22.8 Å². The van der Waals surface area contributed by atoms with Gasteiger partial charge in [-0.15, -0.1) is 0 Å². The Labute approximate surface area is 190 Å².